The molecule has 0 fully saturated rings. The highest BCUT2D eigenvalue weighted by molar-refractivity contribution is 5.66. The molecule has 0 saturated carbocycles. The summed E-state index contributed by atoms with van der Waals surface area (Å²) < 4.78 is 18.0. The smallest absolute Gasteiger partial charge is 0.457 e. The minimum absolute atomic E-state index is 0.0607. The highest BCUT2D eigenvalue weighted by Gasteiger charge is 2.64. The van der Waals surface area contributed by atoms with Crippen LogP contribution in [0.1, 0.15) is 61.9 Å². The van der Waals surface area contributed by atoms with E-state index in [1.54, 1.807) is 0 Å². The first-order valence-electron chi connectivity index (χ1n) is 13.6. The minimum atomic E-state index is -0.656. The Balaban J connectivity index is 1.26. The van der Waals surface area contributed by atoms with E-state index in [2.05, 4.69) is 76.2 Å². The first-order chi connectivity index (χ1) is 18.7. The van der Waals surface area contributed by atoms with Gasteiger partial charge in [0.25, 0.3) is 0 Å². The van der Waals surface area contributed by atoms with E-state index >= 15 is 0 Å². The summed E-state index contributed by atoms with van der Waals surface area (Å²) in [6, 6.07) is 34.4. The second-order valence-corrected chi connectivity index (χ2v) is 11.9. The summed E-state index contributed by atoms with van der Waals surface area (Å²) in [5.41, 5.74) is 4.96. The van der Waals surface area contributed by atoms with E-state index in [4.69, 9.17) is 14.2 Å². The lowest BCUT2D eigenvalue weighted by Gasteiger charge is -2.39. The predicted molar refractivity (Wildman–Crippen MR) is 152 cm³/mol. The van der Waals surface area contributed by atoms with Gasteiger partial charge in [-0.3, -0.25) is 0 Å². The van der Waals surface area contributed by atoms with Crippen LogP contribution < -0.4 is 4.74 Å². The van der Waals surface area contributed by atoms with Crippen LogP contribution >= 0.6 is 0 Å². The molecule has 2 aliphatic carbocycles. The van der Waals surface area contributed by atoms with Crippen molar-refractivity contribution >= 4 is 6.16 Å². The van der Waals surface area contributed by atoms with E-state index in [0.717, 1.165) is 17.7 Å². The summed E-state index contributed by atoms with van der Waals surface area (Å²) in [7, 11) is 0. The van der Waals surface area contributed by atoms with E-state index in [-0.39, 0.29) is 12.0 Å². The Morgan fingerprint density at radius 3 is 2.03 bits per heavy atom. The van der Waals surface area contributed by atoms with Gasteiger partial charge in [-0.25, -0.2) is 4.79 Å². The van der Waals surface area contributed by atoms with Crippen LogP contribution in [0.5, 0.6) is 11.5 Å². The Morgan fingerprint density at radius 2 is 1.31 bits per heavy atom. The molecule has 0 aromatic heterocycles. The Kier molecular flexibility index (Phi) is 6.02. The number of hydrogen-bond acceptors (Lipinski definition) is 4. The van der Waals surface area contributed by atoms with Crippen molar-refractivity contribution in [3.05, 3.63) is 131 Å². The number of carbonyl (C=O) groups excluding carboxylic acids is 1. The predicted octanol–water partition coefficient (Wildman–Crippen LogP) is 8.46. The molecule has 0 aliphatic heterocycles. The third-order valence-corrected chi connectivity index (χ3v) is 8.51. The molecule has 6 rings (SSSR count). The first kappa shape index (κ1) is 25.2. The zero-order chi connectivity index (χ0) is 27.3. The standard InChI is InChI=1S/C35H34O4/c1-33(2)23-35(29-19-10-8-17-27(29)33)30-20-11-9-18-28(30)34(3,4)31(35)39-32(36)37-22-24-13-12-16-26(21-24)38-25-14-6-5-7-15-25/h5-21,31H,22-23H2,1-4H3. The number of carbonyl (C=O) groups is 1. The van der Waals surface area contributed by atoms with Gasteiger partial charge in [0.05, 0.1) is 5.41 Å². The Bertz CT molecular complexity index is 1510. The highest BCUT2D eigenvalue weighted by Crippen LogP contribution is 2.63. The third kappa shape index (κ3) is 4.19. The average molecular weight is 519 g/mol. The van der Waals surface area contributed by atoms with Crippen LogP contribution in [0.4, 0.5) is 4.79 Å². The molecular formula is C35H34O4. The fourth-order valence-electron chi connectivity index (χ4n) is 7.00. The number of ether oxygens (including phenoxy) is 3. The second-order valence-electron chi connectivity index (χ2n) is 11.9. The zero-order valence-electron chi connectivity index (χ0n) is 22.9. The lowest BCUT2D eigenvalue weighted by Crippen LogP contribution is -2.46. The van der Waals surface area contributed by atoms with Crippen LogP contribution in [0.15, 0.2) is 103 Å². The number of hydrogen-bond donors (Lipinski definition) is 0. The maximum absolute atomic E-state index is 13.3. The van der Waals surface area contributed by atoms with Crippen LogP contribution in [0.25, 0.3) is 0 Å². The molecule has 0 heterocycles. The lowest BCUT2D eigenvalue weighted by atomic mass is 9.70. The Labute approximate surface area is 230 Å². The average Bonchev–Trinajstić information content (AvgIpc) is 3.28. The highest BCUT2D eigenvalue weighted by atomic mass is 16.7. The van der Waals surface area contributed by atoms with E-state index in [0.29, 0.717) is 5.75 Å². The van der Waals surface area contributed by atoms with Crippen molar-refractivity contribution < 1.29 is 19.0 Å². The molecule has 4 aromatic carbocycles. The van der Waals surface area contributed by atoms with E-state index < -0.39 is 23.1 Å². The van der Waals surface area contributed by atoms with Crippen LogP contribution in [0.2, 0.25) is 0 Å². The van der Waals surface area contributed by atoms with Crippen LogP contribution in [-0.4, -0.2) is 12.3 Å². The van der Waals surface area contributed by atoms with Gasteiger partial charge >= 0.3 is 6.16 Å². The van der Waals surface area contributed by atoms with Crippen molar-refractivity contribution in [3.63, 3.8) is 0 Å². The van der Waals surface area contributed by atoms with Gasteiger partial charge in [-0.2, -0.15) is 0 Å². The largest absolute Gasteiger partial charge is 0.508 e. The molecule has 4 aromatic rings. The summed E-state index contributed by atoms with van der Waals surface area (Å²) in [5, 5.41) is 0. The molecule has 0 N–H and O–H groups in total. The van der Waals surface area contributed by atoms with Crippen molar-refractivity contribution in [1.82, 2.24) is 0 Å². The van der Waals surface area contributed by atoms with Gasteiger partial charge in [-0.05, 0) is 63.9 Å². The van der Waals surface area contributed by atoms with Gasteiger partial charge in [0.2, 0.25) is 0 Å². The van der Waals surface area contributed by atoms with Crippen LogP contribution in [0, 0.1) is 0 Å². The number of rotatable bonds is 5. The summed E-state index contributed by atoms with van der Waals surface area (Å²) in [5.74, 6) is 1.44. The van der Waals surface area contributed by atoms with Crippen LogP contribution in [-0.2, 0) is 32.3 Å². The van der Waals surface area contributed by atoms with Crippen molar-refractivity contribution in [3.8, 4) is 11.5 Å². The summed E-state index contributed by atoms with van der Waals surface area (Å²) in [6.07, 6.45) is -0.209. The molecule has 0 radical (unpaired) electrons. The fourth-order valence-corrected chi connectivity index (χ4v) is 7.00. The number of para-hydroxylation sites is 1. The molecule has 0 bridgehead atoms. The van der Waals surface area contributed by atoms with Gasteiger partial charge in [-0.1, -0.05) is 107 Å². The lowest BCUT2D eigenvalue weighted by molar-refractivity contribution is -0.0251. The Morgan fingerprint density at radius 1 is 0.718 bits per heavy atom. The maximum Gasteiger partial charge on any atom is 0.508 e. The normalized spacial score (nSPS) is 21.7. The zero-order valence-corrected chi connectivity index (χ0v) is 22.9. The molecule has 2 aliphatic rings. The summed E-state index contributed by atoms with van der Waals surface area (Å²) in [4.78, 5) is 13.3. The Hall–Kier alpha value is -4.05. The van der Waals surface area contributed by atoms with Crippen molar-refractivity contribution in [2.24, 2.45) is 0 Å². The topological polar surface area (TPSA) is 44.8 Å². The third-order valence-electron chi connectivity index (χ3n) is 8.51. The van der Waals surface area contributed by atoms with E-state index in [1.165, 1.54) is 22.3 Å². The molecule has 4 heteroatoms. The molecule has 39 heavy (non-hydrogen) atoms. The summed E-state index contributed by atoms with van der Waals surface area (Å²) >= 11 is 0. The molecule has 2 atom stereocenters. The quantitative estimate of drug-likeness (QED) is 0.249. The molecule has 2 unspecified atom stereocenters. The van der Waals surface area contributed by atoms with Gasteiger partial charge in [0.1, 0.15) is 24.2 Å². The van der Waals surface area contributed by atoms with Crippen molar-refractivity contribution in [2.75, 3.05) is 0 Å². The van der Waals surface area contributed by atoms with E-state index in [9.17, 15) is 4.79 Å². The van der Waals surface area contributed by atoms with Gasteiger partial charge in [0, 0.05) is 5.41 Å². The molecular weight excluding hydrogens is 484 g/mol. The van der Waals surface area contributed by atoms with Gasteiger partial charge in [0.15, 0.2) is 0 Å². The molecule has 4 nitrogen and oxygen atoms in total. The van der Waals surface area contributed by atoms with Gasteiger partial charge < -0.3 is 14.2 Å². The number of benzene rings is 4. The molecule has 0 saturated heterocycles. The number of fused-ring (bicyclic) bond motifs is 4. The summed E-state index contributed by atoms with van der Waals surface area (Å²) in [6.45, 7) is 9.02. The van der Waals surface area contributed by atoms with Gasteiger partial charge in [-0.15, -0.1) is 0 Å². The van der Waals surface area contributed by atoms with Crippen molar-refractivity contribution in [1.29, 1.82) is 0 Å². The maximum atomic E-state index is 13.3. The minimum Gasteiger partial charge on any atom is -0.457 e. The molecule has 1 spiro atoms. The second kappa shape index (κ2) is 9.30. The first-order valence-corrected chi connectivity index (χ1v) is 13.6. The monoisotopic (exact) mass is 518 g/mol. The van der Waals surface area contributed by atoms with Crippen LogP contribution in [0.3, 0.4) is 0 Å². The molecule has 0 amide bonds. The van der Waals surface area contributed by atoms with E-state index in [1.807, 2.05) is 54.6 Å². The molecule has 198 valence electrons. The van der Waals surface area contributed by atoms with Crippen molar-refractivity contribution in [2.45, 2.75) is 63.1 Å². The fraction of sp³-hybridized carbons (Fsp3) is 0.286. The SMILES string of the molecule is CC1(C)CC2(c3ccccc31)c1ccccc1C(C)(C)C2OC(=O)OCc1cccc(Oc2ccccc2)c1.